The van der Waals surface area contributed by atoms with Crippen molar-refractivity contribution in [3.8, 4) is 0 Å². The Balaban J connectivity index is 1.87. The summed E-state index contributed by atoms with van der Waals surface area (Å²) in [6.07, 6.45) is 0. The zero-order chi connectivity index (χ0) is 18.5. The second-order valence-electron chi connectivity index (χ2n) is 6.06. The summed E-state index contributed by atoms with van der Waals surface area (Å²) in [6.45, 7) is 7.80. The molecule has 0 aliphatic heterocycles. The van der Waals surface area contributed by atoms with E-state index >= 15 is 0 Å². The molecule has 0 unspecified atom stereocenters. The van der Waals surface area contributed by atoms with E-state index in [4.69, 9.17) is 0 Å². The van der Waals surface area contributed by atoms with Crippen LogP contribution in [0, 0.1) is 5.82 Å². The van der Waals surface area contributed by atoms with Crippen LogP contribution in [-0.4, -0.2) is 40.0 Å². The van der Waals surface area contributed by atoms with Crippen LogP contribution < -0.4 is 5.32 Å². The summed E-state index contributed by atoms with van der Waals surface area (Å²) >= 11 is 0. The summed E-state index contributed by atoms with van der Waals surface area (Å²) in [5.74, 6) is -0.162. The lowest BCUT2D eigenvalue weighted by atomic mass is 10.2. The normalized spacial score (nSPS) is 11.2. The minimum atomic E-state index is -0.368. The lowest BCUT2D eigenvalue weighted by Gasteiger charge is -2.19. The molecule has 6 heteroatoms. The van der Waals surface area contributed by atoms with E-state index in [9.17, 15) is 9.18 Å². The van der Waals surface area contributed by atoms with Crippen LogP contribution in [0.15, 0.2) is 48.5 Å². The Kier molecular flexibility index (Phi) is 5.63. The number of nitrogens with one attached hydrogen (secondary N) is 1. The van der Waals surface area contributed by atoms with Crippen LogP contribution in [0.2, 0.25) is 0 Å². The molecule has 0 fully saturated rings. The number of carbonyl (C=O) groups excluding carboxylic acids is 1. The fourth-order valence-electron chi connectivity index (χ4n) is 2.95. The number of nitrogens with zero attached hydrogens (tertiary/aromatic N) is 3. The Bertz CT molecular complexity index is 884. The predicted octanol–water partition coefficient (Wildman–Crippen LogP) is 3.77. The maximum Gasteiger partial charge on any atom is 0.257 e. The zero-order valence-corrected chi connectivity index (χ0v) is 15.1. The molecule has 0 spiro atoms. The molecule has 0 radical (unpaired) electrons. The molecule has 0 saturated heterocycles. The van der Waals surface area contributed by atoms with E-state index in [1.54, 1.807) is 0 Å². The van der Waals surface area contributed by atoms with E-state index in [2.05, 4.69) is 29.0 Å². The first-order valence-electron chi connectivity index (χ1n) is 8.87. The van der Waals surface area contributed by atoms with E-state index in [1.165, 1.54) is 24.3 Å². The smallest absolute Gasteiger partial charge is 0.257 e. The fourth-order valence-corrected chi connectivity index (χ4v) is 2.95. The van der Waals surface area contributed by atoms with Gasteiger partial charge in [0.15, 0.2) is 0 Å². The quantitative estimate of drug-likeness (QED) is 0.703. The van der Waals surface area contributed by atoms with Crippen LogP contribution in [0.25, 0.3) is 11.0 Å². The fraction of sp³-hybridized carbons (Fsp3) is 0.300. The molecule has 136 valence electrons. The molecule has 26 heavy (non-hydrogen) atoms. The Hall–Kier alpha value is -2.73. The van der Waals surface area contributed by atoms with Gasteiger partial charge in [-0.05, 0) is 49.5 Å². The maximum absolute atomic E-state index is 13.1. The third kappa shape index (κ3) is 3.91. The molecule has 0 saturated carbocycles. The SMILES string of the molecule is CCN(CC)CCn1c(NC(=O)c2ccc(F)cc2)nc2ccccc21. The molecule has 3 aromatic rings. The monoisotopic (exact) mass is 354 g/mol. The molecule has 0 aliphatic carbocycles. The molecule has 3 rings (SSSR count). The van der Waals surface area contributed by atoms with Crippen molar-refractivity contribution >= 4 is 22.9 Å². The number of benzene rings is 2. The number of fused-ring (bicyclic) bond motifs is 1. The molecule has 1 heterocycles. The van der Waals surface area contributed by atoms with E-state index in [0.717, 1.165) is 37.2 Å². The molecule has 1 aromatic heterocycles. The number of rotatable bonds is 7. The van der Waals surface area contributed by atoms with Gasteiger partial charge in [-0.3, -0.25) is 10.1 Å². The van der Waals surface area contributed by atoms with Crippen molar-refractivity contribution in [2.75, 3.05) is 25.0 Å². The third-order valence-corrected chi connectivity index (χ3v) is 4.52. The van der Waals surface area contributed by atoms with Crippen LogP contribution in [0.3, 0.4) is 0 Å². The highest BCUT2D eigenvalue weighted by Crippen LogP contribution is 2.20. The van der Waals surface area contributed by atoms with Gasteiger partial charge in [-0.15, -0.1) is 0 Å². The van der Waals surface area contributed by atoms with Crippen molar-refractivity contribution in [3.63, 3.8) is 0 Å². The van der Waals surface area contributed by atoms with Gasteiger partial charge < -0.3 is 9.47 Å². The van der Waals surface area contributed by atoms with Crippen LogP contribution in [-0.2, 0) is 6.54 Å². The summed E-state index contributed by atoms with van der Waals surface area (Å²) in [6, 6.07) is 13.3. The van der Waals surface area contributed by atoms with Gasteiger partial charge in [0.25, 0.3) is 5.91 Å². The van der Waals surface area contributed by atoms with Crippen molar-refractivity contribution < 1.29 is 9.18 Å². The van der Waals surface area contributed by atoms with Gasteiger partial charge in [0.1, 0.15) is 5.82 Å². The average molecular weight is 354 g/mol. The zero-order valence-electron chi connectivity index (χ0n) is 15.1. The number of hydrogen-bond donors (Lipinski definition) is 1. The van der Waals surface area contributed by atoms with Crippen LogP contribution >= 0.6 is 0 Å². The highest BCUT2D eigenvalue weighted by Gasteiger charge is 2.15. The van der Waals surface area contributed by atoms with Gasteiger partial charge >= 0.3 is 0 Å². The minimum absolute atomic E-state index is 0.301. The van der Waals surface area contributed by atoms with Gasteiger partial charge in [-0.25, -0.2) is 9.37 Å². The van der Waals surface area contributed by atoms with Crippen molar-refractivity contribution in [3.05, 3.63) is 59.9 Å². The Labute approximate surface area is 152 Å². The third-order valence-electron chi connectivity index (χ3n) is 4.52. The van der Waals surface area contributed by atoms with Crippen LogP contribution in [0.5, 0.6) is 0 Å². The van der Waals surface area contributed by atoms with Gasteiger partial charge in [0.05, 0.1) is 11.0 Å². The molecular weight excluding hydrogens is 331 g/mol. The van der Waals surface area contributed by atoms with Crippen molar-refractivity contribution in [2.45, 2.75) is 20.4 Å². The molecule has 0 bridgehead atoms. The van der Waals surface area contributed by atoms with Gasteiger partial charge in [-0.2, -0.15) is 0 Å². The van der Waals surface area contributed by atoms with E-state index in [-0.39, 0.29) is 11.7 Å². The number of likely N-dealkylation sites (N-methyl/N-ethyl adjacent to an activating group) is 1. The van der Waals surface area contributed by atoms with Crippen LogP contribution in [0.1, 0.15) is 24.2 Å². The van der Waals surface area contributed by atoms with Gasteiger partial charge in [0, 0.05) is 18.7 Å². The number of anilines is 1. The molecule has 0 atom stereocenters. The molecule has 0 aliphatic rings. The predicted molar refractivity (Wildman–Crippen MR) is 102 cm³/mol. The van der Waals surface area contributed by atoms with Crippen molar-refractivity contribution in [2.24, 2.45) is 0 Å². The summed E-state index contributed by atoms with van der Waals surface area (Å²) in [5.41, 5.74) is 2.21. The van der Waals surface area contributed by atoms with E-state index in [1.807, 2.05) is 28.8 Å². The number of imidazole rings is 1. The Morgan fingerprint density at radius 1 is 1.12 bits per heavy atom. The van der Waals surface area contributed by atoms with Crippen molar-refractivity contribution in [1.29, 1.82) is 0 Å². The molecule has 5 nitrogen and oxygen atoms in total. The first-order valence-corrected chi connectivity index (χ1v) is 8.87. The molecule has 1 N–H and O–H groups in total. The number of hydrogen-bond acceptors (Lipinski definition) is 3. The average Bonchev–Trinajstić information content (AvgIpc) is 3.00. The summed E-state index contributed by atoms with van der Waals surface area (Å²) < 4.78 is 15.1. The highest BCUT2D eigenvalue weighted by atomic mass is 19.1. The summed E-state index contributed by atoms with van der Waals surface area (Å²) in [5, 5.41) is 2.87. The maximum atomic E-state index is 13.1. The number of amides is 1. The Morgan fingerprint density at radius 3 is 2.50 bits per heavy atom. The first kappa shape index (κ1) is 18.1. The second-order valence-corrected chi connectivity index (χ2v) is 6.06. The van der Waals surface area contributed by atoms with E-state index < -0.39 is 0 Å². The number of halogens is 1. The second kappa shape index (κ2) is 8.10. The highest BCUT2D eigenvalue weighted by molar-refractivity contribution is 6.04. The van der Waals surface area contributed by atoms with Crippen molar-refractivity contribution in [1.82, 2.24) is 14.5 Å². The molecule has 1 amide bonds. The van der Waals surface area contributed by atoms with Gasteiger partial charge in [-0.1, -0.05) is 26.0 Å². The number of aromatic nitrogens is 2. The topological polar surface area (TPSA) is 50.2 Å². The number of para-hydroxylation sites is 2. The Morgan fingerprint density at radius 2 is 1.81 bits per heavy atom. The summed E-state index contributed by atoms with van der Waals surface area (Å²) in [7, 11) is 0. The lowest BCUT2D eigenvalue weighted by Crippen LogP contribution is -2.27. The summed E-state index contributed by atoms with van der Waals surface area (Å²) in [4.78, 5) is 19.4. The largest absolute Gasteiger partial charge is 0.309 e. The van der Waals surface area contributed by atoms with Crippen LogP contribution in [0.4, 0.5) is 10.3 Å². The van der Waals surface area contributed by atoms with E-state index in [0.29, 0.717) is 11.5 Å². The molecular formula is C20H23FN4O. The number of carbonyl (C=O) groups is 1. The standard InChI is InChI=1S/C20H23FN4O/c1-3-24(4-2)13-14-25-18-8-6-5-7-17(18)22-20(25)23-19(26)15-9-11-16(21)12-10-15/h5-12H,3-4,13-14H2,1-2H3,(H,22,23,26). The first-order chi connectivity index (χ1) is 12.6. The minimum Gasteiger partial charge on any atom is -0.309 e. The van der Waals surface area contributed by atoms with Gasteiger partial charge in [0.2, 0.25) is 5.95 Å². The molecule has 2 aromatic carbocycles. The lowest BCUT2D eigenvalue weighted by molar-refractivity contribution is 0.102.